The van der Waals surface area contributed by atoms with Crippen LogP contribution in [0.3, 0.4) is 0 Å². The van der Waals surface area contributed by atoms with Crippen LogP contribution in [0.1, 0.15) is 20.7 Å². The van der Waals surface area contributed by atoms with E-state index in [0.29, 0.717) is 6.29 Å². The molecule has 0 atom stereocenters. The molecule has 0 fully saturated rings. The topological polar surface area (TPSA) is 56.3 Å². The van der Waals surface area contributed by atoms with Crippen molar-refractivity contribution in [1.29, 1.82) is 0 Å². The van der Waals surface area contributed by atoms with Crippen molar-refractivity contribution in [3.63, 3.8) is 0 Å². The van der Waals surface area contributed by atoms with E-state index in [1.807, 2.05) is 0 Å². The van der Waals surface area contributed by atoms with Gasteiger partial charge in [0, 0.05) is 11.8 Å². The Morgan fingerprint density at radius 2 is 2.38 bits per heavy atom. The Hall–Kier alpha value is -1.42. The minimum absolute atomic E-state index is 0.00154. The fraction of sp³-hybridized carbons (Fsp3) is 0.125. The molecule has 0 saturated heterocycles. The third kappa shape index (κ3) is 1.84. The van der Waals surface area contributed by atoms with Gasteiger partial charge in [0.25, 0.3) is 0 Å². The second-order valence-corrected chi connectivity index (χ2v) is 2.53. The van der Waals surface area contributed by atoms with Gasteiger partial charge in [-0.2, -0.15) is 0 Å². The molecule has 1 aromatic rings. The molecule has 13 heavy (non-hydrogen) atoms. The molecule has 5 heteroatoms. The Bertz CT molecular complexity index is 351. The summed E-state index contributed by atoms with van der Waals surface area (Å²) in [6.45, 7) is 0. The number of carbonyl (C=O) groups excluding carboxylic acids is 2. The van der Waals surface area contributed by atoms with Crippen LogP contribution in [-0.4, -0.2) is 24.3 Å². The zero-order valence-electron chi connectivity index (χ0n) is 6.78. The highest BCUT2D eigenvalue weighted by Gasteiger charge is 2.16. The maximum Gasteiger partial charge on any atom is 0.341 e. The summed E-state index contributed by atoms with van der Waals surface area (Å²) in [6.07, 6.45) is 1.87. The Morgan fingerprint density at radius 3 is 2.92 bits per heavy atom. The van der Waals surface area contributed by atoms with E-state index in [1.165, 1.54) is 19.4 Å². The number of halogens is 1. The van der Waals surface area contributed by atoms with Gasteiger partial charge in [0.2, 0.25) is 0 Å². The second-order valence-electron chi connectivity index (χ2n) is 2.18. The van der Waals surface area contributed by atoms with E-state index in [4.69, 9.17) is 11.6 Å². The fourth-order valence-corrected chi connectivity index (χ4v) is 1.09. The number of rotatable bonds is 2. The van der Waals surface area contributed by atoms with Crippen LogP contribution >= 0.6 is 11.6 Å². The highest BCUT2D eigenvalue weighted by atomic mass is 35.5. The fourth-order valence-electron chi connectivity index (χ4n) is 0.852. The van der Waals surface area contributed by atoms with Crippen molar-refractivity contribution < 1.29 is 14.3 Å². The van der Waals surface area contributed by atoms with E-state index in [1.54, 1.807) is 0 Å². The maximum atomic E-state index is 11.1. The van der Waals surface area contributed by atoms with E-state index in [9.17, 15) is 9.59 Å². The minimum atomic E-state index is -0.666. The molecule has 0 aliphatic carbocycles. The van der Waals surface area contributed by atoms with Gasteiger partial charge in [0.05, 0.1) is 7.11 Å². The lowest BCUT2D eigenvalue weighted by Crippen LogP contribution is -2.07. The van der Waals surface area contributed by atoms with E-state index >= 15 is 0 Å². The summed E-state index contributed by atoms with van der Waals surface area (Å²) in [5.74, 6) is -0.666. The standard InChI is InChI=1S/C8H6ClNO3/c1-13-8(12)6-5(4-11)2-3-10-7(6)9/h2-4H,1H3. The molecule has 0 bridgehead atoms. The van der Waals surface area contributed by atoms with Gasteiger partial charge in [-0.3, -0.25) is 4.79 Å². The Balaban J connectivity index is 3.30. The number of pyridine rings is 1. The van der Waals surface area contributed by atoms with Crippen LogP contribution in [0.4, 0.5) is 0 Å². The molecule has 0 N–H and O–H groups in total. The van der Waals surface area contributed by atoms with Crippen LogP contribution in [0.2, 0.25) is 5.15 Å². The predicted octanol–water partition coefficient (Wildman–Crippen LogP) is 1.33. The molecule has 0 aliphatic rings. The van der Waals surface area contributed by atoms with Crippen molar-refractivity contribution >= 4 is 23.9 Å². The minimum Gasteiger partial charge on any atom is -0.465 e. The molecule has 1 rings (SSSR count). The molecule has 1 heterocycles. The van der Waals surface area contributed by atoms with Gasteiger partial charge in [-0.05, 0) is 6.07 Å². The largest absolute Gasteiger partial charge is 0.465 e. The second kappa shape index (κ2) is 4.00. The van der Waals surface area contributed by atoms with E-state index in [0.717, 1.165) is 0 Å². The van der Waals surface area contributed by atoms with Gasteiger partial charge in [-0.25, -0.2) is 9.78 Å². The number of ether oxygens (including phenoxy) is 1. The average Bonchev–Trinajstić information content (AvgIpc) is 2.16. The van der Waals surface area contributed by atoms with Crippen molar-refractivity contribution in [2.45, 2.75) is 0 Å². The lowest BCUT2D eigenvalue weighted by molar-refractivity contribution is 0.0598. The Kier molecular flexibility index (Phi) is 2.97. The molecule has 0 unspecified atom stereocenters. The first kappa shape index (κ1) is 9.67. The van der Waals surface area contributed by atoms with Crippen molar-refractivity contribution in [1.82, 2.24) is 4.98 Å². The molecule has 0 spiro atoms. The molecular formula is C8H6ClNO3. The van der Waals surface area contributed by atoms with Gasteiger partial charge in [-0.15, -0.1) is 0 Å². The number of aromatic nitrogens is 1. The average molecular weight is 200 g/mol. The predicted molar refractivity (Wildman–Crippen MR) is 46.0 cm³/mol. The van der Waals surface area contributed by atoms with E-state index in [-0.39, 0.29) is 16.3 Å². The Morgan fingerprint density at radius 1 is 1.69 bits per heavy atom. The number of methoxy groups -OCH3 is 1. The highest BCUT2D eigenvalue weighted by Crippen LogP contribution is 2.16. The summed E-state index contributed by atoms with van der Waals surface area (Å²) in [4.78, 5) is 25.3. The summed E-state index contributed by atoms with van der Waals surface area (Å²) in [6, 6.07) is 1.39. The SMILES string of the molecule is COC(=O)c1c(C=O)ccnc1Cl. The number of hydrogen-bond donors (Lipinski definition) is 0. The zero-order valence-corrected chi connectivity index (χ0v) is 7.54. The molecule has 0 aromatic carbocycles. The van der Waals surface area contributed by atoms with Crippen LogP contribution in [-0.2, 0) is 4.74 Å². The van der Waals surface area contributed by atoms with Crippen LogP contribution in [0.5, 0.6) is 0 Å². The van der Waals surface area contributed by atoms with Gasteiger partial charge < -0.3 is 4.74 Å². The third-order valence-electron chi connectivity index (χ3n) is 1.45. The van der Waals surface area contributed by atoms with Crippen LogP contribution < -0.4 is 0 Å². The molecule has 0 aliphatic heterocycles. The highest BCUT2D eigenvalue weighted by molar-refractivity contribution is 6.33. The molecule has 4 nitrogen and oxygen atoms in total. The molecule has 0 saturated carbocycles. The van der Waals surface area contributed by atoms with Crippen molar-refractivity contribution in [2.24, 2.45) is 0 Å². The smallest absolute Gasteiger partial charge is 0.341 e. The van der Waals surface area contributed by atoms with Gasteiger partial charge >= 0.3 is 5.97 Å². The number of aldehydes is 1. The molecule has 0 radical (unpaired) electrons. The van der Waals surface area contributed by atoms with Crippen molar-refractivity contribution in [2.75, 3.05) is 7.11 Å². The van der Waals surface area contributed by atoms with Crippen LogP contribution in [0.25, 0.3) is 0 Å². The molecule has 1 aromatic heterocycles. The van der Waals surface area contributed by atoms with Gasteiger partial charge in [0.1, 0.15) is 10.7 Å². The Labute approximate surface area is 79.5 Å². The maximum absolute atomic E-state index is 11.1. The third-order valence-corrected chi connectivity index (χ3v) is 1.74. The number of carbonyl (C=O) groups is 2. The number of esters is 1. The summed E-state index contributed by atoms with van der Waals surface area (Å²) in [7, 11) is 1.21. The lowest BCUT2D eigenvalue weighted by atomic mass is 10.1. The van der Waals surface area contributed by atoms with E-state index in [2.05, 4.69) is 9.72 Å². The quantitative estimate of drug-likeness (QED) is 0.410. The zero-order chi connectivity index (χ0) is 9.84. The summed E-state index contributed by atoms with van der Waals surface area (Å²) >= 11 is 5.61. The monoisotopic (exact) mass is 199 g/mol. The molecule has 0 amide bonds. The molecular weight excluding hydrogens is 194 g/mol. The number of nitrogens with zero attached hydrogens (tertiary/aromatic N) is 1. The summed E-state index contributed by atoms with van der Waals surface area (Å²) < 4.78 is 4.44. The van der Waals surface area contributed by atoms with Crippen molar-refractivity contribution in [3.05, 3.63) is 28.5 Å². The first-order valence-electron chi connectivity index (χ1n) is 3.38. The van der Waals surface area contributed by atoms with Gasteiger partial charge in [0.15, 0.2) is 6.29 Å². The molecule has 68 valence electrons. The van der Waals surface area contributed by atoms with E-state index < -0.39 is 5.97 Å². The normalized spacial score (nSPS) is 9.38. The summed E-state index contributed by atoms with van der Waals surface area (Å²) in [5.41, 5.74) is 0.175. The lowest BCUT2D eigenvalue weighted by Gasteiger charge is -2.02. The summed E-state index contributed by atoms with van der Waals surface area (Å²) in [5, 5.41) is -0.0311. The number of hydrogen-bond acceptors (Lipinski definition) is 4. The van der Waals surface area contributed by atoms with Gasteiger partial charge in [-0.1, -0.05) is 11.6 Å². The van der Waals surface area contributed by atoms with Crippen LogP contribution in [0, 0.1) is 0 Å². The first-order chi connectivity index (χ1) is 6.20. The van der Waals surface area contributed by atoms with Crippen molar-refractivity contribution in [3.8, 4) is 0 Å². The first-order valence-corrected chi connectivity index (χ1v) is 3.76. The van der Waals surface area contributed by atoms with Crippen LogP contribution in [0.15, 0.2) is 12.3 Å².